The van der Waals surface area contributed by atoms with Crippen LogP contribution in [0.15, 0.2) is 18.2 Å². The highest BCUT2D eigenvalue weighted by Gasteiger charge is 2.37. The average Bonchev–Trinajstić information content (AvgIpc) is 2.72. The molecule has 1 aliphatic rings. The van der Waals surface area contributed by atoms with Gasteiger partial charge in [0.05, 0.1) is 6.61 Å². The molecule has 2 N–H and O–H groups in total. The average molecular weight is 240 g/mol. The highest BCUT2D eigenvalue weighted by atomic mass is 35.5. The molecule has 88 valence electrons. The molecular formula is C13H18ClNO. The van der Waals surface area contributed by atoms with Crippen molar-refractivity contribution >= 4 is 11.6 Å². The molecule has 1 heterocycles. The van der Waals surface area contributed by atoms with Gasteiger partial charge in [-0.25, -0.2) is 0 Å². The number of rotatable bonds is 3. The normalized spacial score (nSPS) is 24.9. The zero-order chi connectivity index (χ0) is 11.6. The third-order valence-electron chi connectivity index (χ3n) is 3.57. The Labute approximate surface area is 102 Å². The Kier molecular flexibility index (Phi) is 3.53. The second kappa shape index (κ2) is 4.74. The van der Waals surface area contributed by atoms with Crippen LogP contribution in [-0.4, -0.2) is 19.8 Å². The first kappa shape index (κ1) is 11.9. The van der Waals surface area contributed by atoms with Gasteiger partial charge in [0.1, 0.15) is 0 Å². The first-order chi connectivity index (χ1) is 7.69. The van der Waals surface area contributed by atoms with E-state index in [9.17, 15) is 0 Å². The highest BCUT2D eigenvalue weighted by molar-refractivity contribution is 6.31. The van der Waals surface area contributed by atoms with Crippen molar-refractivity contribution in [1.29, 1.82) is 0 Å². The van der Waals surface area contributed by atoms with Crippen LogP contribution in [0.5, 0.6) is 0 Å². The molecular weight excluding hydrogens is 222 g/mol. The van der Waals surface area contributed by atoms with Gasteiger partial charge in [-0.2, -0.15) is 0 Å². The number of hydrogen-bond acceptors (Lipinski definition) is 2. The summed E-state index contributed by atoms with van der Waals surface area (Å²) in [5.41, 5.74) is 8.30. The molecule has 0 aromatic heterocycles. The van der Waals surface area contributed by atoms with E-state index < -0.39 is 0 Å². The van der Waals surface area contributed by atoms with E-state index >= 15 is 0 Å². The maximum Gasteiger partial charge on any atom is 0.0564 e. The topological polar surface area (TPSA) is 35.2 Å². The summed E-state index contributed by atoms with van der Waals surface area (Å²) in [6, 6.07) is 6.11. The Morgan fingerprint density at radius 3 is 2.94 bits per heavy atom. The molecule has 1 atom stereocenters. The molecule has 3 heteroatoms. The molecule has 2 rings (SSSR count). The summed E-state index contributed by atoms with van der Waals surface area (Å²) >= 11 is 6.18. The summed E-state index contributed by atoms with van der Waals surface area (Å²) in [7, 11) is 0. The summed E-state index contributed by atoms with van der Waals surface area (Å²) in [5.74, 6) is 0. The van der Waals surface area contributed by atoms with Crippen molar-refractivity contribution in [3.63, 3.8) is 0 Å². The second-order valence-electron chi connectivity index (χ2n) is 4.53. The quantitative estimate of drug-likeness (QED) is 0.880. The Morgan fingerprint density at radius 1 is 1.50 bits per heavy atom. The molecule has 0 amide bonds. The smallest absolute Gasteiger partial charge is 0.0564 e. The van der Waals surface area contributed by atoms with Crippen LogP contribution in [0, 0.1) is 6.92 Å². The van der Waals surface area contributed by atoms with Gasteiger partial charge in [-0.15, -0.1) is 0 Å². The van der Waals surface area contributed by atoms with E-state index in [2.05, 4.69) is 13.0 Å². The lowest BCUT2D eigenvalue weighted by Gasteiger charge is -2.29. The minimum absolute atomic E-state index is 0.0870. The van der Waals surface area contributed by atoms with Crippen molar-refractivity contribution in [3.8, 4) is 0 Å². The van der Waals surface area contributed by atoms with Crippen molar-refractivity contribution < 1.29 is 4.74 Å². The lowest BCUT2D eigenvalue weighted by atomic mass is 9.75. The highest BCUT2D eigenvalue weighted by Crippen LogP contribution is 2.39. The van der Waals surface area contributed by atoms with Gasteiger partial charge >= 0.3 is 0 Å². The second-order valence-corrected chi connectivity index (χ2v) is 4.94. The van der Waals surface area contributed by atoms with Crippen LogP contribution < -0.4 is 5.73 Å². The monoisotopic (exact) mass is 239 g/mol. The van der Waals surface area contributed by atoms with Crippen LogP contribution >= 0.6 is 11.6 Å². The largest absolute Gasteiger partial charge is 0.380 e. The fraction of sp³-hybridized carbons (Fsp3) is 0.538. The lowest BCUT2D eigenvalue weighted by molar-refractivity contribution is 0.175. The van der Waals surface area contributed by atoms with Gasteiger partial charge in [0, 0.05) is 17.0 Å². The Bertz CT molecular complexity index is 372. The van der Waals surface area contributed by atoms with Crippen LogP contribution in [-0.2, 0) is 10.2 Å². The zero-order valence-electron chi connectivity index (χ0n) is 9.63. The predicted octanol–water partition coefficient (Wildman–Crippen LogP) is 2.66. The van der Waals surface area contributed by atoms with Crippen molar-refractivity contribution in [1.82, 2.24) is 0 Å². The molecule has 1 unspecified atom stereocenters. The molecule has 0 aliphatic carbocycles. The summed E-state index contributed by atoms with van der Waals surface area (Å²) < 4.78 is 5.56. The minimum atomic E-state index is 0.0870. The van der Waals surface area contributed by atoms with Gasteiger partial charge in [-0.3, -0.25) is 0 Å². The van der Waals surface area contributed by atoms with Crippen molar-refractivity contribution in [2.45, 2.75) is 25.2 Å². The lowest BCUT2D eigenvalue weighted by Crippen LogP contribution is -2.30. The van der Waals surface area contributed by atoms with Gasteiger partial charge in [-0.05, 0) is 43.5 Å². The van der Waals surface area contributed by atoms with E-state index in [1.165, 1.54) is 11.1 Å². The number of halogens is 1. The fourth-order valence-corrected chi connectivity index (χ4v) is 2.78. The standard InChI is InChI=1S/C13H18ClNO/c1-10-11(3-2-4-12(10)14)13(5-7-15)6-8-16-9-13/h2-4H,5-9,15H2,1H3. The van der Waals surface area contributed by atoms with Gasteiger partial charge < -0.3 is 10.5 Å². The molecule has 0 radical (unpaired) electrons. The van der Waals surface area contributed by atoms with E-state index in [1.54, 1.807) is 0 Å². The number of hydrogen-bond donors (Lipinski definition) is 1. The van der Waals surface area contributed by atoms with Crippen LogP contribution in [0.3, 0.4) is 0 Å². The van der Waals surface area contributed by atoms with Gasteiger partial charge in [0.25, 0.3) is 0 Å². The molecule has 0 spiro atoms. The van der Waals surface area contributed by atoms with Crippen LogP contribution in [0.4, 0.5) is 0 Å². The molecule has 1 fully saturated rings. The minimum Gasteiger partial charge on any atom is -0.380 e. The number of benzene rings is 1. The molecule has 1 aliphatic heterocycles. The van der Waals surface area contributed by atoms with E-state index in [-0.39, 0.29) is 5.41 Å². The van der Waals surface area contributed by atoms with Crippen LogP contribution in [0.25, 0.3) is 0 Å². The zero-order valence-corrected chi connectivity index (χ0v) is 10.4. The summed E-state index contributed by atoms with van der Waals surface area (Å²) in [6.07, 6.45) is 2.01. The molecule has 0 bridgehead atoms. The third kappa shape index (κ3) is 1.97. The van der Waals surface area contributed by atoms with E-state index in [4.69, 9.17) is 22.1 Å². The van der Waals surface area contributed by atoms with Crippen LogP contribution in [0.2, 0.25) is 5.02 Å². The molecule has 1 saturated heterocycles. The molecule has 1 aromatic rings. The fourth-order valence-electron chi connectivity index (χ4n) is 2.61. The summed E-state index contributed by atoms with van der Waals surface area (Å²) in [5, 5.41) is 0.834. The van der Waals surface area contributed by atoms with Gasteiger partial charge in [-0.1, -0.05) is 23.7 Å². The molecule has 1 aromatic carbocycles. The van der Waals surface area contributed by atoms with Crippen molar-refractivity contribution in [2.24, 2.45) is 5.73 Å². The number of ether oxygens (including phenoxy) is 1. The Balaban J connectivity index is 2.42. The maximum absolute atomic E-state index is 6.18. The molecule has 0 saturated carbocycles. The Morgan fingerprint density at radius 2 is 2.31 bits per heavy atom. The van der Waals surface area contributed by atoms with Crippen molar-refractivity contribution in [2.75, 3.05) is 19.8 Å². The predicted molar refractivity (Wildman–Crippen MR) is 67.0 cm³/mol. The Hall–Kier alpha value is -0.570. The van der Waals surface area contributed by atoms with Gasteiger partial charge in [0.15, 0.2) is 0 Å². The summed E-state index contributed by atoms with van der Waals surface area (Å²) in [4.78, 5) is 0. The summed E-state index contributed by atoms with van der Waals surface area (Å²) in [6.45, 7) is 4.36. The van der Waals surface area contributed by atoms with Crippen LogP contribution in [0.1, 0.15) is 24.0 Å². The van der Waals surface area contributed by atoms with E-state index in [0.29, 0.717) is 6.54 Å². The first-order valence-corrected chi connectivity index (χ1v) is 6.11. The first-order valence-electron chi connectivity index (χ1n) is 5.73. The van der Waals surface area contributed by atoms with E-state index in [1.807, 2.05) is 12.1 Å². The molecule has 2 nitrogen and oxygen atoms in total. The van der Waals surface area contributed by atoms with E-state index in [0.717, 1.165) is 31.1 Å². The third-order valence-corrected chi connectivity index (χ3v) is 3.97. The molecule has 16 heavy (non-hydrogen) atoms. The van der Waals surface area contributed by atoms with Crippen molar-refractivity contribution in [3.05, 3.63) is 34.3 Å². The number of nitrogens with two attached hydrogens (primary N) is 1. The maximum atomic E-state index is 6.18. The van der Waals surface area contributed by atoms with Gasteiger partial charge in [0.2, 0.25) is 0 Å². The SMILES string of the molecule is Cc1c(Cl)cccc1C1(CCN)CCOC1.